The predicted octanol–water partition coefficient (Wildman–Crippen LogP) is 3.14. The number of halogens is 1. The highest BCUT2D eigenvalue weighted by Gasteiger charge is 2.10. The van der Waals surface area contributed by atoms with E-state index in [0.29, 0.717) is 23.5 Å². The van der Waals surface area contributed by atoms with Crippen LogP contribution in [-0.2, 0) is 6.54 Å². The lowest BCUT2D eigenvalue weighted by Crippen LogP contribution is -2.07. The smallest absolute Gasteiger partial charge is 0.336 e. The molecule has 0 fully saturated rings. The second kappa shape index (κ2) is 6.06. The molecule has 2 aromatic carbocycles. The third-order valence-electron chi connectivity index (χ3n) is 2.88. The van der Waals surface area contributed by atoms with E-state index in [9.17, 15) is 9.18 Å². The van der Waals surface area contributed by atoms with Gasteiger partial charge in [-0.15, -0.1) is 0 Å². The van der Waals surface area contributed by atoms with Crippen molar-refractivity contribution >= 4 is 11.7 Å². The first-order chi connectivity index (χ1) is 9.61. The average Bonchev–Trinajstić information content (AvgIpc) is 2.46. The van der Waals surface area contributed by atoms with Crippen LogP contribution in [0.15, 0.2) is 42.5 Å². The molecule has 0 unspecified atom stereocenters. The molecule has 2 rings (SSSR count). The third kappa shape index (κ3) is 3.06. The molecule has 2 N–H and O–H groups in total. The van der Waals surface area contributed by atoms with Crippen LogP contribution >= 0.6 is 0 Å². The van der Waals surface area contributed by atoms with E-state index in [1.165, 1.54) is 19.2 Å². The highest BCUT2D eigenvalue weighted by Crippen LogP contribution is 2.25. The van der Waals surface area contributed by atoms with Crippen LogP contribution in [0, 0.1) is 5.82 Å². The predicted molar refractivity (Wildman–Crippen MR) is 73.7 cm³/mol. The van der Waals surface area contributed by atoms with E-state index in [-0.39, 0.29) is 5.56 Å². The monoisotopic (exact) mass is 275 g/mol. The van der Waals surface area contributed by atoms with Gasteiger partial charge in [-0.05, 0) is 23.8 Å². The second-order valence-corrected chi connectivity index (χ2v) is 4.16. The van der Waals surface area contributed by atoms with Gasteiger partial charge in [0.05, 0.1) is 18.4 Å². The molecule has 20 heavy (non-hydrogen) atoms. The van der Waals surface area contributed by atoms with Crippen LogP contribution in [0.4, 0.5) is 10.1 Å². The van der Waals surface area contributed by atoms with Gasteiger partial charge in [-0.3, -0.25) is 0 Å². The topological polar surface area (TPSA) is 58.6 Å². The molecule has 0 aliphatic carbocycles. The maximum absolute atomic E-state index is 13.1. The minimum absolute atomic E-state index is 0.237. The van der Waals surface area contributed by atoms with E-state index in [0.717, 1.165) is 0 Å². The molecule has 104 valence electrons. The van der Waals surface area contributed by atoms with E-state index in [1.54, 1.807) is 30.3 Å². The number of carboxylic acids is 1. The van der Waals surface area contributed by atoms with Gasteiger partial charge in [0.1, 0.15) is 11.6 Å². The minimum Gasteiger partial charge on any atom is -0.494 e. The van der Waals surface area contributed by atoms with Crippen LogP contribution in [0.3, 0.4) is 0 Å². The zero-order valence-electron chi connectivity index (χ0n) is 10.9. The number of anilines is 1. The molecule has 0 radical (unpaired) electrons. The number of carboxylic acid groups (broad SMARTS) is 1. The Morgan fingerprint density at radius 1 is 1.30 bits per heavy atom. The molecule has 0 saturated carbocycles. The van der Waals surface area contributed by atoms with Crippen molar-refractivity contribution in [1.29, 1.82) is 0 Å². The van der Waals surface area contributed by atoms with Crippen LogP contribution in [0.1, 0.15) is 15.9 Å². The van der Waals surface area contributed by atoms with Crippen molar-refractivity contribution in [2.24, 2.45) is 0 Å². The normalized spacial score (nSPS) is 10.1. The summed E-state index contributed by atoms with van der Waals surface area (Å²) in [6.07, 6.45) is 0. The Labute approximate surface area is 115 Å². The van der Waals surface area contributed by atoms with Crippen LogP contribution < -0.4 is 10.1 Å². The molecular weight excluding hydrogens is 261 g/mol. The third-order valence-corrected chi connectivity index (χ3v) is 2.88. The maximum Gasteiger partial charge on any atom is 0.336 e. The number of hydrogen-bond donors (Lipinski definition) is 2. The molecule has 4 nitrogen and oxygen atoms in total. The Morgan fingerprint density at radius 2 is 2.05 bits per heavy atom. The Kier molecular flexibility index (Phi) is 4.20. The minimum atomic E-state index is -0.978. The molecule has 0 bridgehead atoms. The van der Waals surface area contributed by atoms with Crippen LogP contribution in [0.2, 0.25) is 0 Å². The summed E-state index contributed by atoms with van der Waals surface area (Å²) >= 11 is 0. The number of methoxy groups -OCH3 is 1. The lowest BCUT2D eigenvalue weighted by atomic mass is 10.1. The van der Waals surface area contributed by atoms with Gasteiger partial charge < -0.3 is 15.2 Å². The van der Waals surface area contributed by atoms with Gasteiger partial charge in [-0.1, -0.05) is 18.2 Å². The fourth-order valence-electron chi connectivity index (χ4n) is 1.88. The van der Waals surface area contributed by atoms with Gasteiger partial charge in [0.2, 0.25) is 0 Å². The van der Waals surface area contributed by atoms with Gasteiger partial charge in [0.25, 0.3) is 0 Å². The molecule has 5 heteroatoms. The Morgan fingerprint density at radius 3 is 2.75 bits per heavy atom. The molecule has 0 amide bonds. The van der Waals surface area contributed by atoms with E-state index < -0.39 is 11.8 Å². The van der Waals surface area contributed by atoms with Gasteiger partial charge in [0.15, 0.2) is 0 Å². The van der Waals surface area contributed by atoms with E-state index in [1.807, 2.05) is 0 Å². The van der Waals surface area contributed by atoms with E-state index in [2.05, 4.69) is 5.32 Å². The first-order valence-corrected chi connectivity index (χ1v) is 6.00. The second-order valence-electron chi connectivity index (χ2n) is 4.16. The summed E-state index contributed by atoms with van der Waals surface area (Å²) in [4.78, 5) is 11.1. The summed E-state index contributed by atoms with van der Waals surface area (Å²) < 4.78 is 18.2. The fourth-order valence-corrected chi connectivity index (χ4v) is 1.88. The van der Waals surface area contributed by atoms with Gasteiger partial charge in [-0.2, -0.15) is 0 Å². The van der Waals surface area contributed by atoms with Crippen LogP contribution in [0.5, 0.6) is 5.75 Å². The van der Waals surface area contributed by atoms with Crippen molar-refractivity contribution in [3.8, 4) is 5.75 Å². The van der Waals surface area contributed by atoms with Crippen molar-refractivity contribution in [3.05, 3.63) is 59.4 Å². The molecule has 2 aromatic rings. The highest BCUT2D eigenvalue weighted by atomic mass is 19.1. The molecule has 0 heterocycles. The van der Waals surface area contributed by atoms with E-state index >= 15 is 0 Å². The quantitative estimate of drug-likeness (QED) is 0.880. The van der Waals surface area contributed by atoms with Gasteiger partial charge >= 0.3 is 5.97 Å². The molecule has 0 saturated heterocycles. The number of rotatable bonds is 5. The fraction of sp³-hybridized carbons (Fsp3) is 0.133. The van der Waals surface area contributed by atoms with Crippen LogP contribution in [-0.4, -0.2) is 18.2 Å². The molecule has 0 aliphatic rings. The number of carbonyl (C=O) groups is 1. The van der Waals surface area contributed by atoms with Crippen molar-refractivity contribution < 1.29 is 19.0 Å². The van der Waals surface area contributed by atoms with Gasteiger partial charge in [-0.25, -0.2) is 9.18 Å². The SMILES string of the molecule is COc1cc(F)ccc1NCc1ccccc1C(=O)O. The summed E-state index contributed by atoms with van der Waals surface area (Å²) in [5, 5.41) is 12.1. The molecule has 0 atom stereocenters. The number of ether oxygens (including phenoxy) is 1. The number of benzene rings is 2. The van der Waals surface area contributed by atoms with Crippen LogP contribution in [0.25, 0.3) is 0 Å². The van der Waals surface area contributed by atoms with Crippen molar-refractivity contribution in [1.82, 2.24) is 0 Å². The van der Waals surface area contributed by atoms with E-state index in [4.69, 9.17) is 9.84 Å². The number of hydrogen-bond acceptors (Lipinski definition) is 3. The summed E-state index contributed by atoms with van der Waals surface area (Å²) in [7, 11) is 1.45. The zero-order valence-corrected chi connectivity index (χ0v) is 10.9. The Bertz CT molecular complexity index is 628. The Hall–Kier alpha value is -2.56. The first-order valence-electron chi connectivity index (χ1n) is 6.00. The molecular formula is C15H14FNO3. The van der Waals surface area contributed by atoms with Crippen molar-refractivity contribution in [3.63, 3.8) is 0 Å². The number of aromatic carboxylic acids is 1. The first kappa shape index (κ1) is 13.9. The molecule has 0 spiro atoms. The summed E-state index contributed by atoms with van der Waals surface area (Å²) in [6, 6.07) is 10.8. The summed E-state index contributed by atoms with van der Waals surface area (Å²) in [5.41, 5.74) is 1.49. The highest BCUT2D eigenvalue weighted by molar-refractivity contribution is 5.89. The van der Waals surface area contributed by atoms with Gasteiger partial charge in [0, 0.05) is 12.6 Å². The molecule has 0 aliphatic heterocycles. The summed E-state index contributed by atoms with van der Waals surface area (Å²) in [6.45, 7) is 0.310. The van der Waals surface area contributed by atoms with Crippen molar-refractivity contribution in [2.75, 3.05) is 12.4 Å². The lowest BCUT2D eigenvalue weighted by molar-refractivity contribution is 0.0696. The summed E-state index contributed by atoms with van der Waals surface area (Å²) in [5.74, 6) is -0.996. The Balaban J connectivity index is 2.19. The number of nitrogens with one attached hydrogen (secondary N) is 1. The average molecular weight is 275 g/mol. The largest absolute Gasteiger partial charge is 0.494 e. The standard InChI is InChI=1S/C15H14FNO3/c1-20-14-8-11(16)6-7-13(14)17-9-10-4-2-3-5-12(10)15(18)19/h2-8,17H,9H2,1H3,(H,18,19). The molecule has 0 aromatic heterocycles. The van der Waals surface area contributed by atoms with Crippen molar-refractivity contribution in [2.45, 2.75) is 6.54 Å². The maximum atomic E-state index is 13.1. The lowest BCUT2D eigenvalue weighted by Gasteiger charge is -2.12. The zero-order chi connectivity index (χ0) is 14.5.